The standard InChI is InChI=1S/C23H28N4O2/c1-14-12-19(17-6-5-7-18(13-17)29-4)25-22(27(14)3)21(24-2)23(28)26-20(15-8-9-15)16-10-11-16/h5-7,12-13,15-16,20H,2,8-11H2,1,3-4H3,(H,26,28)/b22-21-. The summed E-state index contributed by atoms with van der Waals surface area (Å²) >= 11 is 0. The number of methoxy groups -OCH3 is 1. The van der Waals surface area contributed by atoms with E-state index in [0.29, 0.717) is 17.7 Å². The van der Waals surface area contributed by atoms with E-state index in [1.807, 2.05) is 49.2 Å². The molecule has 0 radical (unpaired) electrons. The Labute approximate surface area is 172 Å². The van der Waals surface area contributed by atoms with Gasteiger partial charge in [-0.2, -0.15) is 0 Å². The van der Waals surface area contributed by atoms with E-state index in [-0.39, 0.29) is 17.6 Å². The van der Waals surface area contributed by atoms with Crippen LogP contribution in [0.1, 0.15) is 38.2 Å². The van der Waals surface area contributed by atoms with Gasteiger partial charge in [-0.1, -0.05) is 12.1 Å². The van der Waals surface area contributed by atoms with Crippen molar-refractivity contribution in [2.45, 2.75) is 38.6 Å². The quantitative estimate of drug-likeness (QED) is 0.570. The number of allylic oxidation sites excluding steroid dienone is 2. The number of nitrogens with one attached hydrogen (secondary N) is 1. The summed E-state index contributed by atoms with van der Waals surface area (Å²) < 4.78 is 5.34. The molecule has 2 saturated carbocycles. The summed E-state index contributed by atoms with van der Waals surface area (Å²) in [6.07, 6.45) is 6.81. The lowest BCUT2D eigenvalue weighted by atomic mass is 10.1. The van der Waals surface area contributed by atoms with Crippen LogP contribution in [0.15, 0.2) is 57.5 Å². The fraction of sp³-hybridized carbons (Fsp3) is 0.435. The first kappa shape index (κ1) is 19.4. The van der Waals surface area contributed by atoms with Crippen LogP contribution in [-0.4, -0.2) is 43.4 Å². The second kappa shape index (κ2) is 7.85. The molecular weight excluding hydrogens is 364 g/mol. The molecule has 0 unspecified atom stereocenters. The molecule has 1 aliphatic heterocycles. The topological polar surface area (TPSA) is 66.3 Å². The molecule has 0 saturated heterocycles. The Morgan fingerprint density at radius 2 is 2.00 bits per heavy atom. The molecular formula is C23H28N4O2. The number of nitrogens with zero attached hydrogens (tertiary/aromatic N) is 3. The highest BCUT2D eigenvalue weighted by Crippen LogP contribution is 2.44. The van der Waals surface area contributed by atoms with Gasteiger partial charge in [0.15, 0.2) is 11.5 Å². The number of rotatable bonds is 7. The third-order valence-electron chi connectivity index (χ3n) is 5.93. The Morgan fingerprint density at radius 3 is 2.59 bits per heavy atom. The third kappa shape index (κ3) is 4.11. The highest BCUT2D eigenvalue weighted by atomic mass is 16.5. The van der Waals surface area contributed by atoms with E-state index in [1.54, 1.807) is 7.11 Å². The van der Waals surface area contributed by atoms with Gasteiger partial charge >= 0.3 is 0 Å². The Morgan fingerprint density at radius 1 is 1.31 bits per heavy atom. The molecule has 1 amide bonds. The predicted octanol–water partition coefficient (Wildman–Crippen LogP) is 3.51. The van der Waals surface area contributed by atoms with E-state index in [2.05, 4.69) is 17.0 Å². The van der Waals surface area contributed by atoms with Gasteiger partial charge in [0, 0.05) is 24.4 Å². The lowest BCUT2D eigenvalue weighted by molar-refractivity contribution is -0.118. The number of ether oxygens (including phenoxy) is 1. The SMILES string of the molecule is C=N/C(C(=O)NC(C1CC1)C1CC1)=C1/N=C(c2cccc(OC)c2)C=C(C)N1C. The number of benzene rings is 1. The van der Waals surface area contributed by atoms with E-state index in [0.717, 1.165) is 22.7 Å². The molecule has 0 bridgehead atoms. The van der Waals surface area contributed by atoms with Crippen molar-refractivity contribution in [3.63, 3.8) is 0 Å². The second-order valence-corrected chi connectivity index (χ2v) is 8.08. The van der Waals surface area contributed by atoms with Crippen molar-refractivity contribution in [2.75, 3.05) is 14.2 Å². The van der Waals surface area contributed by atoms with Crippen molar-refractivity contribution in [3.05, 3.63) is 53.1 Å². The van der Waals surface area contributed by atoms with Crippen LogP contribution in [0.25, 0.3) is 0 Å². The second-order valence-electron chi connectivity index (χ2n) is 8.08. The minimum absolute atomic E-state index is 0.186. The fourth-order valence-corrected chi connectivity index (χ4v) is 3.82. The lowest BCUT2D eigenvalue weighted by Gasteiger charge is -2.27. The Hall–Kier alpha value is -2.89. The Balaban J connectivity index is 1.67. The first-order valence-corrected chi connectivity index (χ1v) is 10.2. The Bertz CT molecular complexity index is 911. The molecule has 1 heterocycles. The van der Waals surface area contributed by atoms with Crippen LogP contribution in [-0.2, 0) is 4.79 Å². The monoisotopic (exact) mass is 392 g/mol. The maximum Gasteiger partial charge on any atom is 0.273 e. The summed E-state index contributed by atoms with van der Waals surface area (Å²) in [6.45, 7) is 5.66. The van der Waals surface area contributed by atoms with Crippen molar-refractivity contribution in [2.24, 2.45) is 21.8 Å². The molecule has 1 aromatic rings. The van der Waals surface area contributed by atoms with Gasteiger partial charge in [-0.25, -0.2) is 4.99 Å². The van der Waals surface area contributed by atoms with E-state index in [1.165, 1.54) is 25.7 Å². The van der Waals surface area contributed by atoms with E-state index >= 15 is 0 Å². The molecule has 29 heavy (non-hydrogen) atoms. The largest absolute Gasteiger partial charge is 0.497 e. The molecule has 0 aromatic heterocycles. The zero-order valence-electron chi connectivity index (χ0n) is 17.3. The van der Waals surface area contributed by atoms with Crippen LogP contribution in [0, 0.1) is 11.8 Å². The molecule has 6 nitrogen and oxygen atoms in total. The first-order chi connectivity index (χ1) is 14.0. The minimum Gasteiger partial charge on any atom is -0.497 e. The Kier molecular flexibility index (Phi) is 5.26. The zero-order valence-corrected chi connectivity index (χ0v) is 17.3. The fourth-order valence-electron chi connectivity index (χ4n) is 3.82. The van der Waals surface area contributed by atoms with E-state index < -0.39 is 0 Å². The smallest absolute Gasteiger partial charge is 0.273 e. The molecule has 6 heteroatoms. The maximum absolute atomic E-state index is 13.1. The van der Waals surface area contributed by atoms with Gasteiger partial charge in [0.05, 0.1) is 12.8 Å². The third-order valence-corrected chi connectivity index (χ3v) is 5.93. The van der Waals surface area contributed by atoms with Crippen molar-refractivity contribution in [1.29, 1.82) is 0 Å². The van der Waals surface area contributed by atoms with Crippen LogP contribution in [0.3, 0.4) is 0 Å². The van der Waals surface area contributed by atoms with Crippen molar-refractivity contribution in [1.82, 2.24) is 10.2 Å². The molecule has 0 spiro atoms. The number of amides is 1. The number of hydrogen-bond acceptors (Lipinski definition) is 5. The van der Waals surface area contributed by atoms with Crippen molar-refractivity contribution >= 4 is 18.3 Å². The zero-order chi connectivity index (χ0) is 20.5. The molecule has 152 valence electrons. The number of carbonyl (C=O) groups excluding carboxylic acids is 1. The van der Waals surface area contributed by atoms with Gasteiger partial charge in [0.25, 0.3) is 5.91 Å². The average Bonchev–Trinajstić information content (AvgIpc) is 3.63. The highest BCUT2D eigenvalue weighted by molar-refractivity contribution is 6.10. The van der Waals surface area contributed by atoms with Crippen LogP contribution < -0.4 is 10.1 Å². The van der Waals surface area contributed by atoms with Crippen LogP contribution in [0.2, 0.25) is 0 Å². The van der Waals surface area contributed by atoms with E-state index in [4.69, 9.17) is 9.73 Å². The molecule has 1 aromatic carbocycles. The highest BCUT2D eigenvalue weighted by Gasteiger charge is 2.42. The van der Waals surface area contributed by atoms with Gasteiger partial charge in [-0.3, -0.25) is 9.79 Å². The van der Waals surface area contributed by atoms with Crippen LogP contribution in [0.5, 0.6) is 5.75 Å². The maximum atomic E-state index is 13.1. The first-order valence-electron chi connectivity index (χ1n) is 10.2. The predicted molar refractivity (Wildman–Crippen MR) is 115 cm³/mol. The summed E-state index contributed by atoms with van der Waals surface area (Å²) in [4.78, 5) is 23.9. The molecule has 2 fully saturated rings. The number of hydrogen-bond donors (Lipinski definition) is 1. The summed E-state index contributed by atoms with van der Waals surface area (Å²) in [5.41, 5.74) is 2.94. The van der Waals surface area contributed by atoms with Gasteiger partial charge in [0.1, 0.15) is 5.75 Å². The van der Waals surface area contributed by atoms with Gasteiger partial charge in [-0.15, -0.1) is 0 Å². The normalized spacial score (nSPS) is 20.8. The van der Waals surface area contributed by atoms with Crippen LogP contribution in [0.4, 0.5) is 0 Å². The van der Waals surface area contributed by atoms with E-state index in [9.17, 15) is 4.79 Å². The van der Waals surface area contributed by atoms with Crippen molar-refractivity contribution < 1.29 is 9.53 Å². The van der Waals surface area contributed by atoms with Crippen molar-refractivity contribution in [3.8, 4) is 5.75 Å². The summed E-state index contributed by atoms with van der Waals surface area (Å²) in [6, 6.07) is 7.99. The van der Waals surface area contributed by atoms with Gasteiger partial charge in [-0.05, 0) is 69.4 Å². The van der Waals surface area contributed by atoms with Gasteiger partial charge < -0.3 is 15.0 Å². The number of aliphatic imine (C=N–C) groups is 2. The van der Waals surface area contributed by atoms with Gasteiger partial charge in [0.2, 0.25) is 0 Å². The molecule has 3 aliphatic rings. The summed E-state index contributed by atoms with van der Waals surface area (Å²) in [5.74, 6) is 2.32. The summed E-state index contributed by atoms with van der Waals surface area (Å²) in [7, 11) is 3.53. The lowest BCUT2D eigenvalue weighted by Crippen LogP contribution is -2.39. The molecule has 0 atom stereocenters. The van der Waals surface area contributed by atoms with Crippen LogP contribution >= 0.6 is 0 Å². The number of carbonyl (C=O) groups is 1. The molecule has 4 rings (SSSR count). The molecule has 2 aliphatic carbocycles. The average molecular weight is 393 g/mol. The molecule has 1 N–H and O–H groups in total. The minimum atomic E-state index is -0.186. The summed E-state index contributed by atoms with van der Waals surface area (Å²) in [5, 5.41) is 3.23.